The summed E-state index contributed by atoms with van der Waals surface area (Å²) in [6.45, 7) is 6.66. The number of hydrogen-bond acceptors (Lipinski definition) is 0. The summed E-state index contributed by atoms with van der Waals surface area (Å²) in [6.07, 6.45) is 2.50. The molecule has 0 N–H and O–H groups in total. The first-order chi connectivity index (χ1) is 8.70. The first-order valence-corrected chi connectivity index (χ1v) is 6.92. The van der Waals surface area contributed by atoms with Crippen LogP contribution < -0.4 is 0 Å². The lowest BCUT2D eigenvalue weighted by molar-refractivity contribution is 0.710. The number of aryl methyl sites for hydroxylation is 2. The minimum atomic E-state index is 0.611. The molecule has 0 heteroatoms. The molecule has 0 saturated heterocycles. The van der Waals surface area contributed by atoms with E-state index in [9.17, 15) is 0 Å². The van der Waals surface area contributed by atoms with Crippen LogP contribution in [0.3, 0.4) is 0 Å². The summed E-state index contributed by atoms with van der Waals surface area (Å²) >= 11 is 0. The molecule has 1 aliphatic carbocycles. The van der Waals surface area contributed by atoms with Crippen molar-refractivity contribution in [1.29, 1.82) is 0 Å². The molecule has 0 aromatic heterocycles. The van der Waals surface area contributed by atoms with Gasteiger partial charge in [0, 0.05) is 5.92 Å². The van der Waals surface area contributed by atoms with Gasteiger partial charge in [-0.2, -0.15) is 0 Å². The Morgan fingerprint density at radius 3 is 1.78 bits per heavy atom. The van der Waals surface area contributed by atoms with E-state index in [-0.39, 0.29) is 0 Å². The van der Waals surface area contributed by atoms with Crippen LogP contribution in [0.2, 0.25) is 0 Å². The van der Waals surface area contributed by atoms with Crippen molar-refractivity contribution < 1.29 is 0 Å². The predicted molar refractivity (Wildman–Crippen MR) is 78.1 cm³/mol. The predicted octanol–water partition coefficient (Wildman–Crippen LogP) is 5.22. The summed E-state index contributed by atoms with van der Waals surface area (Å²) in [4.78, 5) is 0. The monoisotopic (exact) mass is 236 g/mol. The van der Waals surface area contributed by atoms with Crippen molar-refractivity contribution in [3.05, 3.63) is 58.7 Å². The Morgan fingerprint density at radius 1 is 0.833 bits per heavy atom. The molecule has 2 aromatic rings. The molecule has 0 heterocycles. The maximum atomic E-state index is 2.38. The highest BCUT2D eigenvalue weighted by atomic mass is 14.3. The maximum absolute atomic E-state index is 2.38. The van der Waals surface area contributed by atoms with Gasteiger partial charge in [0.25, 0.3) is 0 Å². The number of benzene rings is 2. The van der Waals surface area contributed by atoms with Gasteiger partial charge in [0.15, 0.2) is 0 Å². The minimum absolute atomic E-state index is 0.611. The third-order valence-electron chi connectivity index (χ3n) is 4.03. The van der Waals surface area contributed by atoms with Crippen LogP contribution >= 0.6 is 0 Å². The van der Waals surface area contributed by atoms with Crippen molar-refractivity contribution in [1.82, 2.24) is 0 Å². The standard InChI is InChI=1S/C18H20/c1-4-5-14-17-10-12(2)6-8-15(17)16-9-7-13(3)11-18(14)16/h6-11,14H,4-5H2,1-3H3. The lowest BCUT2D eigenvalue weighted by Crippen LogP contribution is -1.96. The average Bonchev–Trinajstić information content (AvgIpc) is 2.63. The Balaban J connectivity index is 2.22. The summed E-state index contributed by atoms with van der Waals surface area (Å²) in [5.41, 5.74) is 8.73. The molecule has 0 atom stereocenters. The average molecular weight is 236 g/mol. The molecule has 0 aliphatic heterocycles. The van der Waals surface area contributed by atoms with Crippen molar-refractivity contribution in [2.75, 3.05) is 0 Å². The SMILES string of the molecule is CCCC1c2cc(C)ccc2-c2ccc(C)cc21. The van der Waals surface area contributed by atoms with E-state index in [4.69, 9.17) is 0 Å². The van der Waals surface area contributed by atoms with Gasteiger partial charge in [-0.3, -0.25) is 0 Å². The van der Waals surface area contributed by atoms with Gasteiger partial charge in [-0.05, 0) is 42.5 Å². The second-order valence-electron chi connectivity index (χ2n) is 5.52. The van der Waals surface area contributed by atoms with E-state index in [2.05, 4.69) is 57.2 Å². The fraction of sp³-hybridized carbons (Fsp3) is 0.333. The van der Waals surface area contributed by atoms with E-state index in [1.165, 1.54) is 46.2 Å². The Hall–Kier alpha value is -1.56. The van der Waals surface area contributed by atoms with Crippen LogP contribution in [-0.4, -0.2) is 0 Å². The molecule has 0 saturated carbocycles. The molecule has 2 aromatic carbocycles. The van der Waals surface area contributed by atoms with Crippen LogP contribution in [0, 0.1) is 13.8 Å². The third-order valence-corrected chi connectivity index (χ3v) is 4.03. The first-order valence-electron chi connectivity index (χ1n) is 6.92. The largest absolute Gasteiger partial charge is 0.0653 e. The van der Waals surface area contributed by atoms with Crippen molar-refractivity contribution in [3.8, 4) is 11.1 Å². The van der Waals surface area contributed by atoms with E-state index in [0.717, 1.165) is 0 Å². The molecule has 1 aliphatic rings. The molecule has 0 bridgehead atoms. The minimum Gasteiger partial charge on any atom is -0.0653 e. The Morgan fingerprint density at radius 2 is 1.33 bits per heavy atom. The van der Waals surface area contributed by atoms with Crippen LogP contribution in [0.1, 0.15) is 47.9 Å². The van der Waals surface area contributed by atoms with E-state index < -0.39 is 0 Å². The number of hydrogen-bond donors (Lipinski definition) is 0. The lowest BCUT2D eigenvalue weighted by Gasteiger charge is -2.13. The molecule has 0 fully saturated rings. The van der Waals surface area contributed by atoms with Crippen molar-refractivity contribution in [2.45, 2.75) is 39.5 Å². The van der Waals surface area contributed by atoms with Crippen LogP contribution in [-0.2, 0) is 0 Å². The van der Waals surface area contributed by atoms with Gasteiger partial charge >= 0.3 is 0 Å². The highest BCUT2D eigenvalue weighted by molar-refractivity contribution is 5.79. The van der Waals surface area contributed by atoms with Gasteiger partial charge in [-0.15, -0.1) is 0 Å². The molecule has 0 unspecified atom stereocenters. The fourth-order valence-electron chi connectivity index (χ4n) is 3.20. The van der Waals surface area contributed by atoms with Crippen LogP contribution in [0.25, 0.3) is 11.1 Å². The second kappa shape index (κ2) is 4.28. The zero-order valence-corrected chi connectivity index (χ0v) is 11.5. The summed E-state index contributed by atoms with van der Waals surface area (Å²) in [5, 5.41) is 0. The highest BCUT2D eigenvalue weighted by Gasteiger charge is 2.27. The van der Waals surface area contributed by atoms with E-state index in [1.54, 1.807) is 0 Å². The molecular formula is C18H20. The summed E-state index contributed by atoms with van der Waals surface area (Å²) in [5.74, 6) is 0.611. The van der Waals surface area contributed by atoms with Crippen molar-refractivity contribution >= 4 is 0 Å². The molecule has 0 spiro atoms. The van der Waals surface area contributed by atoms with E-state index in [0.29, 0.717) is 5.92 Å². The molecular weight excluding hydrogens is 216 g/mol. The van der Waals surface area contributed by atoms with Gasteiger partial charge in [-0.25, -0.2) is 0 Å². The smallest absolute Gasteiger partial charge is 0.0102 e. The third kappa shape index (κ3) is 1.68. The number of rotatable bonds is 2. The molecule has 18 heavy (non-hydrogen) atoms. The zero-order valence-electron chi connectivity index (χ0n) is 11.5. The van der Waals surface area contributed by atoms with Crippen molar-refractivity contribution in [3.63, 3.8) is 0 Å². The Bertz CT molecular complexity index is 541. The topological polar surface area (TPSA) is 0 Å². The quantitative estimate of drug-likeness (QED) is 0.671. The highest BCUT2D eigenvalue weighted by Crippen LogP contribution is 2.47. The Kier molecular flexibility index (Phi) is 2.74. The number of fused-ring (bicyclic) bond motifs is 3. The maximum Gasteiger partial charge on any atom is 0.0102 e. The van der Waals surface area contributed by atoms with Gasteiger partial charge in [0.05, 0.1) is 0 Å². The molecule has 0 amide bonds. The Labute approximate surface area is 110 Å². The normalized spacial score (nSPS) is 13.5. The molecule has 3 rings (SSSR count). The van der Waals surface area contributed by atoms with E-state index in [1.807, 2.05) is 0 Å². The van der Waals surface area contributed by atoms with Gasteiger partial charge in [0.2, 0.25) is 0 Å². The zero-order chi connectivity index (χ0) is 12.7. The summed E-state index contributed by atoms with van der Waals surface area (Å²) in [7, 11) is 0. The molecule has 0 radical (unpaired) electrons. The van der Waals surface area contributed by atoms with Crippen LogP contribution in [0.15, 0.2) is 36.4 Å². The van der Waals surface area contributed by atoms with Crippen molar-refractivity contribution in [2.24, 2.45) is 0 Å². The summed E-state index contributed by atoms with van der Waals surface area (Å²) in [6, 6.07) is 13.8. The van der Waals surface area contributed by atoms with Gasteiger partial charge < -0.3 is 0 Å². The van der Waals surface area contributed by atoms with E-state index >= 15 is 0 Å². The van der Waals surface area contributed by atoms with Gasteiger partial charge in [-0.1, -0.05) is 60.9 Å². The molecule has 92 valence electrons. The first kappa shape index (κ1) is 11.5. The summed E-state index contributed by atoms with van der Waals surface area (Å²) < 4.78 is 0. The molecule has 0 nitrogen and oxygen atoms in total. The van der Waals surface area contributed by atoms with Crippen LogP contribution in [0.5, 0.6) is 0 Å². The van der Waals surface area contributed by atoms with Crippen LogP contribution in [0.4, 0.5) is 0 Å². The fourth-order valence-corrected chi connectivity index (χ4v) is 3.20. The lowest BCUT2D eigenvalue weighted by atomic mass is 9.91. The second-order valence-corrected chi connectivity index (χ2v) is 5.52. The van der Waals surface area contributed by atoms with Gasteiger partial charge in [0.1, 0.15) is 0 Å².